The molecule has 0 spiro atoms. The third-order valence-corrected chi connectivity index (χ3v) is 5.21. The minimum absolute atomic E-state index is 0.464. The van der Waals surface area contributed by atoms with Crippen molar-refractivity contribution in [1.29, 1.82) is 0 Å². The van der Waals surface area contributed by atoms with Crippen LogP contribution in [0, 0.1) is 13.8 Å². The van der Waals surface area contributed by atoms with Gasteiger partial charge in [-0.05, 0) is 47.7 Å². The first kappa shape index (κ1) is 14.8. The maximum Gasteiger partial charge on any atom is 0.0738 e. The molecule has 0 amide bonds. The average Bonchev–Trinajstić information content (AvgIpc) is 2.61. The van der Waals surface area contributed by atoms with Gasteiger partial charge in [0.15, 0.2) is 0 Å². The van der Waals surface area contributed by atoms with Crippen LogP contribution >= 0.6 is 31.9 Å². The zero-order valence-electron chi connectivity index (χ0n) is 11.5. The normalized spacial score (nSPS) is 12.7. The summed E-state index contributed by atoms with van der Waals surface area (Å²) in [6.45, 7) is 4.17. The summed E-state index contributed by atoms with van der Waals surface area (Å²) in [4.78, 5) is 0. The number of hydrogen-bond acceptors (Lipinski definition) is 1. The fraction of sp³-hybridized carbons (Fsp3) is 0.400. The molecule has 2 nitrogen and oxygen atoms in total. The van der Waals surface area contributed by atoms with E-state index in [-0.39, 0.29) is 0 Å². The first-order valence-corrected chi connectivity index (χ1v) is 8.25. The highest BCUT2D eigenvalue weighted by molar-refractivity contribution is 9.10. The first-order valence-electron chi connectivity index (χ1n) is 6.33. The Labute approximate surface area is 131 Å². The van der Waals surface area contributed by atoms with Crippen molar-refractivity contribution in [2.75, 3.05) is 5.33 Å². The summed E-state index contributed by atoms with van der Waals surface area (Å²) in [6.07, 6.45) is 0.979. The van der Waals surface area contributed by atoms with E-state index in [1.54, 1.807) is 0 Å². The number of nitrogens with zero attached hydrogens (tertiary/aromatic N) is 2. The average molecular weight is 386 g/mol. The molecule has 0 saturated carbocycles. The molecule has 0 radical (unpaired) electrons. The molecule has 1 heterocycles. The zero-order valence-corrected chi connectivity index (χ0v) is 14.6. The molecule has 1 aromatic heterocycles. The summed E-state index contributed by atoms with van der Waals surface area (Å²) in [5, 5.41) is 5.42. The lowest BCUT2D eigenvalue weighted by Crippen LogP contribution is -2.09. The maximum absolute atomic E-state index is 4.46. The fourth-order valence-corrected chi connectivity index (χ4v) is 3.42. The van der Waals surface area contributed by atoms with Crippen molar-refractivity contribution in [3.8, 4) is 0 Å². The van der Waals surface area contributed by atoms with E-state index in [1.807, 2.05) is 18.7 Å². The minimum Gasteiger partial charge on any atom is -0.271 e. The van der Waals surface area contributed by atoms with Crippen LogP contribution in [-0.4, -0.2) is 15.1 Å². The van der Waals surface area contributed by atoms with Gasteiger partial charge in [0.25, 0.3) is 0 Å². The topological polar surface area (TPSA) is 17.8 Å². The van der Waals surface area contributed by atoms with Gasteiger partial charge >= 0.3 is 0 Å². The number of benzene rings is 1. The number of rotatable bonds is 4. The minimum atomic E-state index is 0.464. The zero-order chi connectivity index (χ0) is 14.0. The first-order chi connectivity index (χ1) is 9.02. The van der Waals surface area contributed by atoms with Crippen LogP contribution in [0.15, 0.2) is 28.7 Å². The largest absolute Gasteiger partial charge is 0.271 e. The number of hydrogen-bond donors (Lipinski definition) is 0. The lowest BCUT2D eigenvalue weighted by Gasteiger charge is -2.15. The highest BCUT2D eigenvalue weighted by Gasteiger charge is 2.17. The van der Waals surface area contributed by atoms with Crippen LogP contribution in [-0.2, 0) is 13.5 Å². The van der Waals surface area contributed by atoms with Gasteiger partial charge in [0.2, 0.25) is 0 Å². The van der Waals surface area contributed by atoms with Crippen LogP contribution in [0.4, 0.5) is 0 Å². The molecule has 0 saturated heterocycles. The van der Waals surface area contributed by atoms with Gasteiger partial charge in [0, 0.05) is 12.4 Å². The second kappa shape index (κ2) is 6.23. The molecule has 2 aromatic rings. The Hall–Kier alpha value is -0.610. The Kier molecular flexibility index (Phi) is 4.85. The quantitative estimate of drug-likeness (QED) is 0.707. The molecule has 0 aliphatic rings. The van der Waals surface area contributed by atoms with Gasteiger partial charge in [-0.1, -0.05) is 45.8 Å². The van der Waals surface area contributed by atoms with Crippen LogP contribution < -0.4 is 0 Å². The molecule has 0 bridgehead atoms. The predicted octanol–water partition coefficient (Wildman–Crippen LogP) is 4.52. The summed E-state index contributed by atoms with van der Waals surface area (Å²) < 4.78 is 3.11. The number of halogens is 2. The van der Waals surface area contributed by atoms with E-state index in [4.69, 9.17) is 0 Å². The van der Waals surface area contributed by atoms with E-state index in [2.05, 4.69) is 68.1 Å². The van der Waals surface area contributed by atoms with Gasteiger partial charge in [-0.15, -0.1) is 0 Å². The highest BCUT2D eigenvalue weighted by Crippen LogP contribution is 2.28. The van der Waals surface area contributed by atoms with E-state index < -0.39 is 0 Å². The molecular weight excluding hydrogens is 368 g/mol. The van der Waals surface area contributed by atoms with Crippen molar-refractivity contribution in [2.45, 2.75) is 26.2 Å². The molecular formula is C15H18Br2N2. The summed E-state index contributed by atoms with van der Waals surface area (Å²) in [7, 11) is 2.01. The van der Waals surface area contributed by atoms with Gasteiger partial charge < -0.3 is 0 Å². The maximum atomic E-state index is 4.46. The third-order valence-electron chi connectivity index (χ3n) is 3.40. The number of aryl methyl sites for hydroxylation is 3. The molecule has 1 unspecified atom stereocenters. The molecule has 2 rings (SSSR count). The van der Waals surface area contributed by atoms with E-state index in [0.29, 0.717) is 5.92 Å². The van der Waals surface area contributed by atoms with Crippen LogP contribution in [0.25, 0.3) is 0 Å². The summed E-state index contributed by atoms with van der Waals surface area (Å²) in [6, 6.07) is 8.74. The number of aromatic nitrogens is 2. The highest BCUT2D eigenvalue weighted by atomic mass is 79.9. The lowest BCUT2D eigenvalue weighted by atomic mass is 9.95. The lowest BCUT2D eigenvalue weighted by molar-refractivity contribution is 0.659. The van der Waals surface area contributed by atoms with Crippen molar-refractivity contribution in [2.24, 2.45) is 7.05 Å². The Balaban J connectivity index is 2.29. The van der Waals surface area contributed by atoms with E-state index >= 15 is 0 Å². The van der Waals surface area contributed by atoms with Crippen molar-refractivity contribution in [3.05, 3.63) is 51.3 Å². The van der Waals surface area contributed by atoms with Crippen LogP contribution in [0.1, 0.15) is 28.4 Å². The predicted molar refractivity (Wildman–Crippen MR) is 87.1 cm³/mol. The molecule has 0 fully saturated rings. The Morgan fingerprint density at radius 2 is 2.05 bits per heavy atom. The van der Waals surface area contributed by atoms with Gasteiger partial charge in [0.05, 0.1) is 15.9 Å². The molecule has 19 heavy (non-hydrogen) atoms. The molecule has 0 N–H and O–H groups in total. The smallest absolute Gasteiger partial charge is 0.0738 e. The van der Waals surface area contributed by atoms with Crippen molar-refractivity contribution >= 4 is 31.9 Å². The van der Waals surface area contributed by atoms with Gasteiger partial charge in [-0.2, -0.15) is 5.10 Å². The molecule has 0 aliphatic heterocycles. The van der Waals surface area contributed by atoms with E-state index in [0.717, 1.165) is 21.9 Å². The van der Waals surface area contributed by atoms with Crippen LogP contribution in [0.2, 0.25) is 0 Å². The Morgan fingerprint density at radius 3 is 2.58 bits per heavy atom. The van der Waals surface area contributed by atoms with Crippen molar-refractivity contribution in [3.63, 3.8) is 0 Å². The molecule has 102 valence electrons. The summed E-state index contributed by atoms with van der Waals surface area (Å²) in [5.41, 5.74) is 4.99. The van der Waals surface area contributed by atoms with Crippen molar-refractivity contribution < 1.29 is 0 Å². The second-order valence-corrected chi connectivity index (χ2v) is 6.38. The van der Waals surface area contributed by atoms with Crippen molar-refractivity contribution in [1.82, 2.24) is 9.78 Å². The molecule has 1 atom stereocenters. The van der Waals surface area contributed by atoms with Gasteiger partial charge in [-0.3, -0.25) is 4.68 Å². The van der Waals surface area contributed by atoms with E-state index in [1.165, 1.54) is 16.8 Å². The Morgan fingerprint density at radius 1 is 1.32 bits per heavy atom. The van der Waals surface area contributed by atoms with Gasteiger partial charge in [-0.25, -0.2) is 0 Å². The molecule has 0 aliphatic carbocycles. The van der Waals surface area contributed by atoms with Gasteiger partial charge in [0.1, 0.15) is 0 Å². The fourth-order valence-electron chi connectivity index (χ4n) is 2.32. The summed E-state index contributed by atoms with van der Waals surface area (Å²) >= 11 is 7.29. The van der Waals surface area contributed by atoms with Crippen LogP contribution in [0.3, 0.4) is 0 Å². The van der Waals surface area contributed by atoms with Crippen LogP contribution in [0.5, 0.6) is 0 Å². The standard InChI is InChI=1S/C15H18Br2N2/c1-10-5-4-6-12(7-10)13(9-16)8-14-15(17)11(2)18-19(14)3/h4-7,13H,8-9H2,1-3H3. The monoisotopic (exact) mass is 384 g/mol. The summed E-state index contributed by atoms with van der Waals surface area (Å²) in [5.74, 6) is 0.464. The molecule has 4 heteroatoms. The van der Waals surface area contributed by atoms with E-state index in [9.17, 15) is 0 Å². The third kappa shape index (κ3) is 3.29. The second-order valence-electron chi connectivity index (χ2n) is 4.94. The molecule has 1 aromatic carbocycles. The number of alkyl halides is 1. The SMILES string of the molecule is Cc1cccc(C(CBr)Cc2c(Br)c(C)nn2C)c1. The Bertz CT molecular complexity index is 576.